The zero-order chi connectivity index (χ0) is 24.6. The normalized spacial score (nSPS) is 13.1. The van der Waals surface area contributed by atoms with Crippen molar-refractivity contribution in [2.24, 2.45) is 5.92 Å². The van der Waals surface area contributed by atoms with Gasteiger partial charge in [0.25, 0.3) is 5.91 Å². The fourth-order valence-electron chi connectivity index (χ4n) is 3.49. The summed E-state index contributed by atoms with van der Waals surface area (Å²) in [6.07, 6.45) is -1.41. The summed E-state index contributed by atoms with van der Waals surface area (Å²) in [6.45, 7) is 1.04. The Morgan fingerprint density at radius 1 is 1.18 bits per heavy atom. The van der Waals surface area contributed by atoms with E-state index in [0.29, 0.717) is 37.3 Å². The number of hydrogen-bond acceptors (Lipinski definition) is 4. The molecule has 0 radical (unpaired) electrons. The molecule has 0 aliphatic heterocycles. The second kappa shape index (κ2) is 11.7. The Kier molecular flexibility index (Phi) is 8.72. The van der Waals surface area contributed by atoms with E-state index in [2.05, 4.69) is 22.5 Å². The largest absolute Gasteiger partial charge is 0.416 e. The van der Waals surface area contributed by atoms with Crippen molar-refractivity contribution in [2.45, 2.75) is 38.5 Å². The Labute approximate surface area is 197 Å². The van der Waals surface area contributed by atoms with Gasteiger partial charge in [-0.25, -0.2) is 0 Å². The Bertz CT molecular complexity index is 1050. The lowest BCUT2D eigenvalue weighted by Gasteiger charge is -2.24. The third-order valence-electron chi connectivity index (χ3n) is 5.48. The lowest BCUT2D eigenvalue weighted by atomic mass is 9.96. The van der Waals surface area contributed by atoms with Crippen LogP contribution in [-0.4, -0.2) is 32.3 Å². The van der Waals surface area contributed by atoms with Gasteiger partial charge in [0.15, 0.2) is 0 Å². The molecule has 1 aliphatic rings. The minimum absolute atomic E-state index is 0.0240. The predicted octanol–water partition coefficient (Wildman–Crippen LogP) is 4.16. The molecule has 0 heterocycles. The molecule has 0 aromatic heterocycles. The number of amides is 1. The highest BCUT2D eigenvalue weighted by Crippen LogP contribution is 2.35. The summed E-state index contributed by atoms with van der Waals surface area (Å²) in [5.41, 5.74) is 0.297. The Morgan fingerprint density at radius 2 is 1.91 bits per heavy atom. The van der Waals surface area contributed by atoms with Gasteiger partial charge in [0.1, 0.15) is 6.29 Å². The van der Waals surface area contributed by atoms with Crippen LogP contribution < -0.4 is 15.5 Å². The van der Waals surface area contributed by atoms with E-state index in [1.807, 2.05) is 6.07 Å². The first-order chi connectivity index (χ1) is 16.3. The van der Waals surface area contributed by atoms with E-state index in [0.717, 1.165) is 24.6 Å². The Balaban J connectivity index is 1.60. The standard InChI is InChI=1S/C26H28F3N3O2/c1-32(22-6-3-2-4-7-22)17-23-21(18-33)14-20(15-24(23)26(27,28)29)16-30-12-5-13-31-25(34)11-10-19-8-9-19/h2-4,6-7,14-15,18-19,30H,5,8-9,12-13,16-17H2,1H3,(H,31,34). The van der Waals surface area contributed by atoms with Crippen molar-refractivity contribution < 1.29 is 22.8 Å². The highest BCUT2D eigenvalue weighted by atomic mass is 19.4. The number of nitrogens with one attached hydrogen (secondary N) is 2. The summed E-state index contributed by atoms with van der Waals surface area (Å²) < 4.78 is 41.6. The summed E-state index contributed by atoms with van der Waals surface area (Å²) in [7, 11) is 1.69. The van der Waals surface area contributed by atoms with Crippen molar-refractivity contribution >= 4 is 17.9 Å². The van der Waals surface area contributed by atoms with Crippen LogP contribution in [0.15, 0.2) is 42.5 Å². The average molecular weight is 472 g/mol. The van der Waals surface area contributed by atoms with Crippen LogP contribution in [0.3, 0.4) is 0 Å². The molecule has 34 heavy (non-hydrogen) atoms. The van der Waals surface area contributed by atoms with Crippen molar-refractivity contribution in [3.05, 3.63) is 64.7 Å². The smallest absolute Gasteiger partial charge is 0.370 e. The number of rotatable bonds is 10. The predicted molar refractivity (Wildman–Crippen MR) is 125 cm³/mol. The van der Waals surface area contributed by atoms with Gasteiger partial charge in [-0.15, -0.1) is 0 Å². The quantitative estimate of drug-likeness (QED) is 0.310. The Hall–Kier alpha value is -3.31. The third kappa shape index (κ3) is 7.63. The van der Waals surface area contributed by atoms with Crippen LogP contribution in [0.25, 0.3) is 0 Å². The SMILES string of the molecule is CN(Cc1c(C=O)cc(CNCCCNC(=O)C#CC2CC2)cc1C(F)(F)F)c1ccccc1. The van der Waals surface area contributed by atoms with Gasteiger partial charge in [0, 0.05) is 43.9 Å². The molecule has 2 aromatic rings. The molecule has 0 bridgehead atoms. The van der Waals surface area contributed by atoms with E-state index in [-0.39, 0.29) is 30.1 Å². The molecular weight excluding hydrogens is 443 g/mol. The number of benzene rings is 2. The summed E-state index contributed by atoms with van der Waals surface area (Å²) in [6, 6.07) is 11.6. The van der Waals surface area contributed by atoms with Crippen LogP contribution in [0, 0.1) is 17.8 Å². The molecule has 3 rings (SSSR count). The minimum atomic E-state index is -4.59. The van der Waals surface area contributed by atoms with Crippen LogP contribution in [0.2, 0.25) is 0 Å². The minimum Gasteiger partial charge on any atom is -0.370 e. The number of aldehydes is 1. The molecule has 0 unspecified atom stereocenters. The second-order valence-corrected chi connectivity index (χ2v) is 8.35. The molecule has 1 fully saturated rings. The van der Waals surface area contributed by atoms with Crippen molar-refractivity contribution in [2.75, 3.05) is 25.0 Å². The number of para-hydroxylation sites is 1. The molecule has 2 aromatic carbocycles. The number of anilines is 1. The molecule has 1 aliphatic carbocycles. The molecule has 0 atom stereocenters. The fourth-order valence-corrected chi connectivity index (χ4v) is 3.49. The highest BCUT2D eigenvalue weighted by molar-refractivity contribution is 5.93. The van der Waals surface area contributed by atoms with E-state index < -0.39 is 11.7 Å². The van der Waals surface area contributed by atoms with Crippen LogP contribution >= 0.6 is 0 Å². The monoisotopic (exact) mass is 471 g/mol. The molecule has 0 saturated heterocycles. The first kappa shape index (κ1) is 25.3. The molecular formula is C26H28F3N3O2. The van der Waals surface area contributed by atoms with Gasteiger partial charge in [0.05, 0.1) is 5.56 Å². The zero-order valence-electron chi connectivity index (χ0n) is 19.0. The van der Waals surface area contributed by atoms with Gasteiger partial charge < -0.3 is 15.5 Å². The van der Waals surface area contributed by atoms with Gasteiger partial charge in [0.2, 0.25) is 0 Å². The summed E-state index contributed by atoms with van der Waals surface area (Å²) in [5, 5.41) is 5.77. The average Bonchev–Trinajstić information content (AvgIpc) is 3.65. The van der Waals surface area contributed by atoms with Crippen LogP contribution in [0.1, 0.15) is 46.3 Å². The molecule has 8 heteroatoms. The number of carbonyl (C=O) groups excluding carboxylic acids is 2. The number of hydrogen-bond donors (Lipinski definition) is 2. The zero-order valence-corrected chi connectivity index (χ0v) is 19.0. The van der Waals surface area contributed by atoms with Crippen LogP contribution in [-0.2, 0) is 24.1 Å². The van der Waals surface area contributed by atoms with Gasteiger partial charge in [-0.3, -0.25) is 9.59 Å². The number of nitrogens with zero attached hydrogens (tertiary/aromatic N) is 1. The lowest BCUT2D eigenvalue weighted by molar-refractivity contribution is -0.138. The van der Waals surface area contributed by atoms with E-state index in [9.17, 15) is 22.8 Å². The van der Waals surface area contributed by atoms with Gasteiger partial charge in [-0.05, 0) is 67.1 Å². The molecule has 180 valence electrons. The van der Waals surface area contributed by atoms with Gasteiger partial charge in [-0.2, -0.15) is 13.2 Å². The molecule has 5 nitrogen and oxygen atoms in total. The summed E-state index contributed by atoms with van der Waals surface area (Å²) in [4.78, 5) is 25.0. The van der Waals surface area contributed by atoms with Crippen molar-refractivity contribution in [3.8, 4) is 11.8 Å². The van der Waals surface area contributed by atoms with Crippen molar-refractivity contribution in [3.63, 3.8) is 0 Å². The number of carbonyl (C=O) groups is 2. The first-order valence-electron chi connectivity index (χ1n) is 11.2. The number of halogens is 3. The topological polar surface area (TPSA) is 61.4 Å². The van der Waals surface area contributed by atoms with Gasteiger partial charge in [-0.1, -0.05) is 24.1 Å². The van der Waals surface area contributed by atoms with Crippen LogP contribution in [0.4, 0.5) is 18.9 Å². The molecule has 2 N–H and O–H groups in total. The maximum atomic E-state index is 13.9. The van der Waals surface area contributed by atoms with Crippen molar-refractivity contribution in [1.29, 1.82) is 0 Å². The van der Waals surface area contributed by atoms with E-state index in [1.165, 1.54) is 6.07 Å². The number of alkyl halides is 3. The first-order valence-corrected chi connectivity index (χ1v) is 11.2. The van der Waals surface area contributed by atoms with E-state index >= 15 is 0 Å². The molecule has 1 amide bonds. The Morgan fingerprint density at radius 3 is 2.56 bits per heavy atom. The third-order valence-corrected chi connectivity index (χ3v) is 5.48. The van der Waals surface area contributed by atoms with Crippen LogP contribution in [0.5, 0.6) is 0 Å². The van der Waals surface area contributed by atoms with Gasteiger partial charge >= 0.3 is 6.18 Å². The van der Waals surface area contributed by atoms with Crippen molar-refractivity contribution in [1.82, 2.24) is 10.6 Å². The highest BCUT2D eigenvalue weighted by Gasteiger charge is 2.35. The van der Waals surface area contributed by atoms with E-state index in [1.54, 1.807) is 36.2 Å². The second-order valence-electron chi connectivity index (χ2n) is 8.35. The fraction of sp³-hybridized carbons (Fsp3) is 0.385. The molecule has 0 spiro atoms. The maximum Gasteiger partial charge on any atom is 0.416 e. The summed E-state index contributed by atoms with van der Waals surface area (Å²) >= 11 is 0. The lowest BCUT2D eigenvalue weighted by Crippen LogP contribution is -2.26. The summed E-state index contributed by atoms with van der Waals surface area (Å²) in [5.74, 6) is 5.49. The molecule has 1 saturated carbocycles. The maximum absolute atomic E-state index is 13.9. The van der Waals surface area contributed by atoms with E-state index in [4.69, 9.17) is 0 Å².